The van der Waals surface area contributed by atoms with E-state index in [1.165, 1.54) is 6.07 Å². The summed E-state index contributed by atoms with van der Waals surface area (Å²) in [5, 5.41) is 12.0. The Bertz CT molecular complexity index is 1370. The smallest absolute Gasteiger partial charge is 0.162 e. The Labute approximate surface area is 200 Å². The van der Waals surface area contributed by atoms with E-state index in [0.717, 1.165) is 26.4 Å². The highest BCUT2D eigenvalue weighted by atomic mass is 79.9. The lowest BCUT2D eigenvalue weighted by atomic mass is 10.00. The third-order valence-corrected chi connectivity index (χ3v) is 5.87. The van der Waals surface area contributed by atoms with Gasteiger partial charge in [-0.15, -0.1) is 0 Å². The molecule has 0 spiro atoms. The van der Waals surface area contributed by atoms with Gasteiger partial charge in [-0.1, -0.05) is 70.5 Å². The first-order chi connectivity index (χ1) is 16.1. The monoisotopic (exact) mass is 501 g/mol. The Kier molecular flexibility index (Phi) is 7.07. The number of allylic oxidation sites excluding steroid dienone is 1. The molecule has 33 heavy (non-hydrogen) atoms. The molecule has 164 valence electrons. The maximum Gasteiger partial charge on any atom is 0.162 e. The van der Waals surface area contributed by atoms with Crippen LogP contribution >= 0.6 is 15.9 Å². The lowest BCUT2D eigenvalue weighted by Gasteiger charge is -2.14. The highest BCUT2D eigenvalue weighted by molar-refractivity contribution is 9.10. The van der Waals surface area contributed by atoms with Crippen LogP contribution in [0.4, 0.5) is 4.39 Å². The van der Waals surface area contributed by atoms with Crippen molar-refractivity contribution in [3.8, 4) is 17.6 Å². The van der Waals surface area contributed by atoms with E-state index in [4.69, 9.17) is 9.47 Å². The molecular weight excluding hydrogens is 481 g/mol. The molecule has 0 atom stereocenters. The van der Waals surface area contributed by atoms with Crippen molar-refractivity contribution in [2.75, 3.05) is 6.61 Å². The highest BCUT2D eigenvalue weighted by Gasteiger charge is 2.13. The summed E-state index contributed by atoms with van der Waals surface area (Å²) >= 11 is 3.58. The fourth-order valence-electron chi connectivity index (χ4n) is 3.51. The van der Waals surface area contributed by atoms with Crippen molar-refractivity contribution < 1.29 is 13.9 Å². The summed E-state index contributed by atoms with van der Waals surface area (Å²) < 4.78 is 26.4. The minimum Gasteiger partial charge on any atom is -0.490 e. The second-order valence-corrected chi connectivity index (χ2v) is 8.22. The summed E-state index contributed by atoms with van der Waals surface area (Å²) in [6, 6.07) is 26.4. The van der Waals surface area contributed by atoms with Crippen LogP contribution in [0.5, 0.6) is 11.5 Å². The Hall–Kier alpha value is -3.62. The molecule has 0 bridgehead atoms. The van der Waals surface area contributed by atoms with Crippen molar-refractivity contribution in [3.05, 3.63) is 106 Å². The molecule has 0 aliphatic rings. The van der Waals surface area contributed by atoms with Crippen LogP contribution in [0.15, 0.2) is 83.3 Å². The normalized spacial score (nSPS) is 11.3. The maximum atomic E-state index is 14.0. The molecule has 0 aliphatic heterocycles. The number of hydrogen-bond acceptors (Lipinski definition) is 3. The summed E-state index contributed by atoms with van der Waals surface area (Å²) in [5.74, 6) is 0.704. The van der Waals surface area contributed by atoms with E-state index in [0.29, 0.717) is 29.2 Å². The van der Waals surface area contributed by atoms with Crippen LogP contribution in [0.1, 0.15) is 23.6 Å². The van der Waals surface area contributed by atoms with Crippen molar-refractivity contribution in [1.82, 2.24) is 0 Å². The number of nitriles is 1. The molecule has 4 aromatic carbocycles. The molecule has 0 radical (unpaired) electrons. The van der Waals surface area contributed by atoms with Crippen molar-refractivity contribution in [2.24, 2.45) is 0 Å². The van der Waals surface area contributed by atoms with E-state index in [1.54, 1.807) is 24.3 Å². The van der Waals surface area contributed by atoms with E-state index in [1.807, 2.05) is 61.5 Å². The number of fused-ring (bicyclic) bond motifs is 1. The van der Waals surface area contributed by atoms with Crippen molar-refractivity contribution >= 4 is 38.4 Å². The minimum atomic E-state index is -0.317. The summed E-state index contributed by atoms with van der Waals surface area (Å²) in [7, 11) is 0. The average Bonchev–Trinajstić information content (AvgIpc) is 2.84. The van der Waals surface area contributed by atoms with Crippen molar-refractivity contribution in [3.63, 3.8) is 0 Å². The lowest BCUT2D eigenvalue weighted by molar-refractivity contribution is 0.265. The van der Waals surface area contributed by atoms with E-state index < -0.39 is 0 Å². The van der Waals surface area contributed by atoms with Gasteiger partial charge in [-0.3, -0.25) is 0 Å². The second-order valence-electron chi connectivity index (χ2n) is 7.37. The predicted molar refractivity (Wildman–Crippen MR) is 133 cm³/mol. The van der Waals surface area contributed by atoms with Gasteiger partial charge in [0.1, 0.15) is 12.4 Å². The molecule has 5 heteroatoms. The highest BCUT2D eigenvalue weighted by Crippen LogP contribution is 2.36. The summed E-state index contributed by atoms with van der Waals surface area (Å²) in [4.78, 5) is 0. The summed E-state index contributed by atoms with van der Waals surface area (Å²) in [5.41, 5.74) is 2.61. The van der Waals surface area contributed by atoms with Crippen LogP contribution in [-0.2, 0) is 6.61 Å². The van der Waals surface area contributed by atoms with Crippen molar-refractivity contribution in [2.45, 2.75) is 13.5 Å². The quantitative estimate of drug-likeness (QED) is 0.191. The van der Waals surface area contributed by atoms with Crippen LogP contribution in [0.2, 0.25) is 0 Å². The molecule has 3 nitrogen and oxygen atoms in total. The van der Waals surface area contributed by atoms with Gasteiger partial charge < -0.3 is 9.47 Å². The van der Waals surface area contributed by atoms with Gasteiger partial charge in [0, 0.05) is 10.0 Å². The zero-order valence-corrected chi connectivity index (χ0v) is 19.6. The van der Waals surface area contributed by atoms with E-state index in [2.05, 4.69) is 22.0 Å². The zero-order valence-electron chi connectivity index (χ0n) is 18.0. The number of nitrogens with zero attached hydrogens (tertiary/aromatic N) is 1. The average molecular weight is 502 g/mol. The molecule has 0 saturated heterocycles. The molecule has 4 rings (SSSR count). The first-order valence-electron chi connectivity index (χ1n) is 10.5. The molecule has 0 aliphatic carbocycles. The van der Waals surface area contributed by atoms with Crippen LogP contribution in [0.3, 0.4) is 0 Å². The van der Waals surface area contributed by atoms with E-state index in [9.17, 15) is 9.65 Å². The van der Waals surface area contributed by atoms with Gasteiger partial charge in [0.05, 0.1) is 18.2 Å². The summed E-state index contributed by atoms with van der Waals surface area (Å²) in [6.45, 7) is 2.40. The largest absolute Gasteiger partial charge is 0.490 e. The van der Waals surface area contributed by atoms with Crippen LogP contribution in [-0.4, -0.2) is 6.61 Å². The Morgan fingerprint density at radius 1 is 0.939 bits per heavy atom. The molecule has 0 unspecified atom stereocenters. The van der Waals surface area contributed by atoms with Gasteiger partial charge in [-0.2, -0.15) is 5.26 Å². The van der Waals surface area contributed by atoms with Crippen LogP contribution in [0, 0.1) is 17.1 Å². The molecule has 0 amide bonds. The van der Waals surface area contributed by atoms with E-state index >= 15 is 0 Å². The second kappa shape index (κ2) is 10.3. The van der Waals surface area contributed by atoms with Gasteiger partial charge in [0.2, 0.25) is 0 Å². The van der Waals surface area contributed by atoms with Crippen LogP contribution in [0.25, 0.3) is 22.4 Å². The maximum absolute atomic E-state index is 14.0. The number of halogens is 2. The Morgan fingerprint density at radius 3 is 2.42 bits per heavy atom. The third-order valence-electron chi connectivity index (χ3n) is 5.18. The van der Waals surface area contributed by atoms with Gasteiger partial charge in [0.15, 0.2) is 11.5 Å². The van der Waals surface area contributed by atoms with Crippen molar-refractivity contribution in [1.29, 1.82) is 5.26 Å². The molecule has 4 aromatic rings. The van der Waals surface area contributed by atoms with E-state index in [-0.39, 0.29) is 12.4 Å². The molecule has 0 fully saturated rings. The lowest BCUT2D eigenvalue weighted by Crippen LogP contribution is -2.02. The Balaban J connectivity index is 1.67. The Morgan fingerprint density at radius 2 is 1.67 bits per heavy atom. The number of ether oxygens (including phenoxy) is 2. The third kappa shape index (κ3) is 5.24. The SMILES string of the molecule is CCOc1cc(/C=C(/C#N)c2ccc3ccccc3c2)c(Br)cc1OCc1ccccc1F. The van der Waals surface area contributed by atoms with Crippen LogP contribution < -0.4 is 9.47 Å². The number of hydrogen-bond donors (Lipinski definition) is 0. The van der Waals surface area contributed by atoms with Gasteiger partial charge in [0.25, 0.3) is 0 Å². The number of rotatable bonds is 7. The first-order valence-corrected chi connectivity index (χ1v) is 11.3. The standard InChI is InChI=1S/C28H21BrFNO2/c1-2-32-27-15-23(25(29)16-28(27)33-18-22-9-5-6-10-26(22)30)14-24(17-31)21-12-11-19-7-3-4-8-20(19)13-21/h3-16H,2,18H2,1H3/b24-14-. The molecule has 0 heterocycles. The summed E-state index contributed by atoms with van der Waals surface area (Å²) in [6.07, 6.45) is 1.82. The predicted octanol–water partition coefficient (Wildman–Crippen LogP) is 7.78. The number of benzene rings is 4. The topological polar surface area (TPSA) is 42.2 Å². The molecular formula is C28H21BrFNO2. The van der Waals surface area contributed by atoms with Gasteiger partial charge >= 0.3 is 0 Å². The fourth-order valence-corrected chi connectivity index (χ4v) is 3.94. The zero-order chi connectivity index (χ0) is 23.2. The van der Waals surface area contributed by atoms with Gasteiger partial charge in [-0.05, 0) is 59.2 Å². The minimum absolute atomic E-state index is 0.0783. The molecule has 0 N–H and O–H groups in total. The van der Waals surface area contributed by atoms with Gasteiger partial charge in [-0.25, -0.2) is 4.39 Å². The first kappa shape index (κ1) is 22.6. The molecule has 0 saturated carbocycles. The fraction of sp³-hybridized carbons (Fsp3) is 0.107. The molecule has 0 aromatic heterocycles.